The monoisotopic (exact) mass is 500 g/mol. The molecule has 0 aliphatic carbocycles. The molecule has 0 saturated heterocycles. The molecule has 1 aliphatic heterocycles. The molecule has 190 valence electrons. The molecule has 5 aromatic rings. The van der Waals surface area contributed by atoms with Crippen LogP contribution < -0.4 is 0 Å². The van der Waals surface area contributed by atoms with Gasteiger partial charge in [-0.2, -0.15) is 0 Å². The standard InChI is InChI=1S/C33H32N4O/c1-24-6-14-30(15-7-24)37-33(22-25-8-10-27(11-9-25)28-12-16-31(38)17-13-28)32(34-35-37)19-21-36-20-18-26-4-2-3-5-29(26)23-36/h2-17,38H,18-23H2,1H3. The number of phenolic OH excluding ortho intramolecular Hbond substituents is 1. The highest BCUT2D eigenvalue weighted by atomic mass is 16.3. The third kappa shape index (κ3) is 5.24. The molecule has 1 aliphatic rings. The van der Waals surface area contributed by atoms with Crippen molar-refractivity contribution in [1.29, 1.82) is 0 Å². The van der Waals surface area contributed by atoms with Gasteiger partial charge in [-0.25, -0.2) is 4.68 Å². The maximum atomic E-state index is 9.61. The van der Waals surface area contributed by atoms with E-state index in [1.807, 2.05) is 16.8 Å². The van der Waals surface area contributed by atoms with Crippen LogP contribution in [0.1, 0.15) is 33.6 Å². The second-order valence-electron chi connectivity index (χ2n) is 10.2. The molecule has 6 rings (SSSR count). The number of rotatable bonds is 7. The average Bonchev–Trinajstić information content (AvgIpc) is 3.35. The molecule has 0 saturated carbocycles. The Labute approximate surface area is 224 Å². The zero-order valence-corrected chi connectivity index (χ0v) is 21.7. The van der Waals surface area contributed by atoms with E-state index in [9.17, 15) is 5.11 Å². The summed E-state index contributed by atoms with van der Waals surface area (Å²) in [7, 11) is 0. The first-order valence-corrected chi connectivity index (χ1v) is 13.3. The quantitative estimate of drug-likeness (QED) is 0.292. The molecule has 0 fully saturated rings. The minimum absolute atomic E-state index is 0.281. The van der Waals surface area contributed by atoms with Gasteiger partial charge in [-0.05, 0) is 65.4 Å². The number of hydrogen-bond donors (Lipinski definition) is 1. The smallest absolute Gasteiger partial charge is 0.115 e. The van der Waals surface area contributed by atoms with Crippen LogP contribution in [0.25, 0.3) is 16.8 Å². The molecule has 4 aromatic carbocycles. The van der Waals surface area contributed by atoms with E-state index in [0.717, 1.165) is 67.1 Å². The summed E-state index contributed by atoms with van der Waals surface area (Å²) >= 11 is 0. The van der Waals surface area contributed by atoms with E-state index < -0.39 is 0 Å². The molecule has 1 N–H and O–H groups in total. The number of hydrogen-bond acceptors (Lipinski definition) is 4. The summed E-state index contributed by atoms with van der Waals surface area (Å²) in [6.45, 7) is 5.14. The molecule has 2 heterocycles. The van der Waals surface area contributed by atoms with Gasteiger partial charge in [-0.15, -0.1) is 5.10 Å². The van der Waals surface area contributed by atoms with Gasteiger partial charge in [-0.3, -0.25) is 4.90 Å². The topological polar surface area (TPSA) is 54.2 Å². The van der Waals surface area contributed by atoms with Gasteiger partial charge in [-0.1, -0.05) is 83.6 Å². The highest BCUT2D eigenvalue weighted by Gasteiger charge is 2.19. The fourth-order valence-corrected chi connectivity index (χ4v) is 5.27. The van der Waals surface area contributed by atoms with Crippen LogP contribution in [-0.4, -0.2) is 38.1 Å². The Kier molecular flexibility index (Phi) is 6.76. The van der Waals surface area contributed by atoms with E-state index in [0.29, 0.717) is 0 Å². The van der Waals surface area contributed by atoms with Gasteiger partial charge in [0.25, 0.3) is 0 Å². The van der Waals surface area contributed by atoms with Crippen molar-refractivity contribution in [3.8, 4) is 22.6 Å². The highest BCUT2D eigenvalue weighted by Crippen LogP contribution is 2.25. The molecule has 5 nitrogen and oxygen atoms in total. The lowest BCUT2D eigenvalue weighted by Gasteiger charge is -2.28. The van der Waals surface area contributed by atoms with Crippen LogP contribution in [0.4, 0.5) is 0 Å². The maximum absolute atomic E-state index is 9.61. The first kappa shape index (κ1) is 24.1. The lowest BCUT2D eigenvalue weighted by Crippen LogP contribution is -2.32. The van der Waals surface area contributed by atoms with E-state index >= 15 is 0 Å². The van der Waals surface area contributed by atoms with Gasteiger partial charge >= 0.3 is 0 Å². The summed E-state index contributed by atoms with van der Waals surface area (Å²) in [6, 6.07) is 33.3. The number of aromatic hydroxyl groups is 1. The molecule has 0 radical (unpaired) electrons. The second kappa shape index (κ2) is 10.6. The summed E-state index contributed by atoms with van der Waals surface area (Å²) in [5.74, 6) is 0.281. The second-order valence-corrected chi connectivity index (χ2v) is 10.2. The van der Waals surface area contributed by atoms with Crippen molar-refractivity contribution in [1.82, 2.24) is 19.9 Å². The Bertz CT molecular complexity index is 1520. The number of nitrogens with zero attached hydrogens (tertiary/aromatic N) is 4. The van der Waals surface area contributed by atoms with Gasteiger partial charge in [0.05, 0.1) is 17.1 Å². The van der Waals surface area contributed by atoms with Crippen LogP contribution in [0.3, 0.4) is 0 Å². The number of aryl methyl sites for hydroxylation is 1. The van der Waals surface area contributed by atoms with Crippen LogP contribution in [0.15, 0.2) is 97.1 Å². The predicted octanol–water partition coefficient (Wildman–Crippen LogP) is 6.14. The molecule has 0 amide bonds. The van der Waals surface area contributed by atoms with Crippen LogP contribution in [-0.2, 0) is 25.8 Å². The van der Waals surface area contributed by atoms with Gasteiger partial charge in [0, 0.05) is 32.5 Å². The number of fused-ring (bicyclic) bond motifs is 1. The SMILES string of the molecule is Cc1ccc(-n2nnc(CCN3CCc4ccccc4C3)c2Cc2ccc(-c3ccc(O)cc3)cc2)cc1. The largest absolute Gasteiger partial charge is 0.508 e. The zero-order chi connectivity index (χ0) is 25.9. The normalized spacial score (nSPS) is 13.4. The minimum Gasteiger partial charge on any atom is -0.508 e. The first-order chi connectivity index (χ1) is 18.6. The van der Waals surface area contributed by atoms with Gasteiger partial charge in [0.2, 0.25) is 0 Å². The van der Waals surface area contributed by atoms with E-state index in [2.05, 4.69) is 94.9 Å². The van der Waals surface area contributed by atoms with Crippen molar-refractivity contribution in [2.24, 2.45) is 0 Å². The summed E-state index contributed by atoms with van der Waals surface area (Å²) < 4.78 is 2.01. The first-order valence-electron chi connectivity index (χ1n) is 13.3. The Morgan fingerprint density at radius 3 is 2.21 bits per heavy atom. The van der Waals surface area contributed by atoms with Crippen molar-refractivity contribution in [3.05, 3.63) is 131 Å². The van der Waals surface area contributed by atoms with Crippen LogP contribution in [0.2, 0.25) is 0 Å². The number of aromatic nitrogens is 3. The van der Waals surface area contributed by atoms with Gasteiger partial charge in [0.15, 0.2) is 0 Å². The third-order valence-corrected chi connectivity index (χ3v) is 7.52. The van der Waals surface area contributed by atoms with Crippen molar-refractivity contribution >= 4 is 0 Å². The van der Waals surface area contributed by atoms with Crippen molar-refractivity contribution in [2.45, 2.75) is 32.7 Å². The molecular weight excluding hydrogens is 468 g/mol. The number of phenols is 1. The Morgan fingerprint density at radius 2 is 1.47 bits per heavy atom. The Balaban J connectivity index is 1.24. The van der Waals surface area contributed by atoms with Crippen molar-refractivity contribution < 1.29 is 5.11 Å². The van der Waals surface area contributed by atoms with Crippen molar-refractivity contribution in [3.63, 3.8) is 0 Å². The summed E-state index contributed by atoms with van der Waals surface area (Å²) in [6.07, 6.45) is 2.73. The Morgan fingerprint density at radius 1 is 0.789 bits per heavy atom. The van der Waals surface area contributed by atoms with Crippen LogP contribution in [0, 0.1) is 6.92 Å². The molecule has 1 aromatic heterocycles. The summed E-state index contributed by atoms with van der Waals surface area (Å²) in [5.41, 5.74) is 10.8. The Hall–Kier alpha value is -4.22. The van der Waals surface area contributed by atoms with Gasteiger partial charge in [0.1, 0.15) is 5.75 Å². The molecular formula is C33H32N4O. The van der Waals surface area contributed by atoms with Crippen LogP contribution in [0.5, 0.6) is 5.75 Å². The molecule has 5 heteroatoms. The zero-order valence-electron chi connectivity index (χ0n) is 21.7. The molecule has 0 unspecified atom stereocenters. The minimum atomic E-state index is 0.281. The van der Waals surface area contributed by atoms with Crippen molar-refractivity contribution in [2.75, 3.05) is 13.1 Å². The third-order valence-electron chi connectivity index (χ3n) is 7.52. The number of benzene rings is 4. The maximum Gasteiger partial charge on any atom is 0.115 e. The molecule has 0 spiro atoms. The lowest BCUT2D eigenvalue weighted by atomic mass is 9.99. The molecule has 38 heavy (non-hydrogen) atoms. The fourth-order valence-electron chi connectivity index (χ4n) is 5.27. The van der Waals surface area contributed by atoms with E-state index in [-0.39, 0.29) is 5.75 Å². The highest BCUT2D eigenvalue weighted by molar-refractivity contribution is 5.64. The summed E-state index contributed by atoms with van der Waals surface area (Å²) in [5, 5.41) is 18.9. The van der Waals surface area contributed by atoms with Gasteiger partial charge < -0.3 is 5.11 Å². The molecule has 0 bridgehead atoms. The fraction of sp³-hybridized carbons (Fsp3) is 0.212. The molecule has 0 atom stereocenters. The van der Waals surface area contributed by atoms with E-state index in [1.165, 1.54) is 22.3 Å². The summed E-state index contributed by atoms with van der Waals surface area (Å²) in [4.78, 5) is 2.53. The van der Waals surface area contributed by atoms with Crippen LogP contribution >= 0.6 is 0 Å². The lowest BCUT2D eigenvalue weighted by molar-refractivity contribution is 0.256. The average molecular weight is 501 g/mol. The van der Waals surface area contributed by atoms with E-state index in [4.69, 9.17) is 0 Å². The predicted molar refractivity (Wildman–Crippen MR) is 152 cm³/mol. The van der Waals surface area contributed by atoms with E-state index in [1.54, 1.807) is 12.1 Å².